The van der Waals surface area contributed by atoms with Crippen molar-refractivity contribution in [1.82, 2.24) is 5.32 Å². The molecule has 0 heterocycles. The monoisotopic (exact) mass is 336 g/mol. The van der Waals surface area contributed by atoms with Crippen molar-refractivity contribution < 1.29 is 24.4 Å². The van der Waals surface area contributed by atoms with Gasteiger partial charge in [0.05, 0.1) is 18.0 Å². The van der Waals surface area contributed by atoms with E-state index in [-0.39, 0.29) is 17.0 Å². The standard InChI is InChI=1S/C16H20N2O6/c1-24-14-9-10(7-8-13(14)18(22)23)15(19)17-12-6-4-2-3-5-11(12)16(20)21/h7-9,11-12H,2-6H2,1H3,(H,17,19)(H,20,21). The highest BCUT2D eigenvalue weighted by atomic mass is 16.6. The summed E-state index contributed by atoms with van der Waals surface area (Å²) in [6.07, 6.45) is 3.77. The third-order valence-electron chi connectivity index (χ3n) is 4.29. The first-order valence-electron chi connectivity index (χ1n) is 7.80. The number of nitrogens with zero attached hydrogens (tertiary/aromatic N) is 1. The van der Waals surface area contributed by atoms with E-state index in [0.29, 0.717) is 12.8 Å². The van der Waals surface area contributed by atoms with Crippen molar-refractivity contribution in [3.63, 3.8) is 0 Å². The number of carboxylic acids is 1. The highest BCUT2D eigenvalue weighted by molar-refractivity contribution is 5.95. The molecule has 0 bridgehead atoms. The molecule has 1 aliphatic carbocycles. The summed E-state index contributed by atoms with van der Waals surface area (Å²) in [5.74, 6) is -2.00. The number of rotatable bonds is 5. The van der Waals surface area contributed by atoms with Crippen LogP contribution in [0.15, 0.2) is 18.2 Å². The number of aliphatic carboxylic acids is 1. The lowest BCUT2D eigenvalue weighted by Crippen LogP contribution is -2.42. The van der Waals surface area contributed by atoms with Gasteiger partial charge in [-0.15, -0.1) is 0 Å². The van der Waals surface area contributed by atoms with Gasteiger partial charge in [-0.25, -0.2) is 0 Å². The van der Waals surface area contributed by atoms with Crippen molar-refractivity contribution in [2.45, 2.75) is 38.1 Å². The van der Waals surface area contributed by atoms with Gasteiger partial charge in [-0.2, -0.15) is 0 Å². The Hall–Kier alpha value is -2.64. The molecule has 2 N–H and O–H groups in total. The number of benzene rings is 1. The number of ether oxygens (including phenoxy) is 1. The molecule has 0 aliphatic heterocycles. The van der Waals surface area contributed by atoms with E-state index in [1.54, 1.807) is 0 Å². The summed E-state index contributed by atoms with van der Waals surface area (Å²) in [5.41, 5.74) is -0.0298. The van der Waals surface area contributed by atoms with Crippen LogP contribution in [0.2, 0.25) is 0 Å². The lowest BCUT2D eigenvalue weighted by Gasteiger charge is -2.23. The molecule has 1 aliphatic rings. The van der Waals surface area contributed by atoms with E-state index in [4.69, 9.17) is 4.74 Å². The second-order valence-corrected chi connectivity index (χ2v) is 5.81. The van der Waals surface area contributed by atoms with E-state index >= 15 is 0 Å². The van der Waals surface area contributed by atoms with E-state index in [0.717, 1.165) is 19.3 Å². The molecule has 1 aromatic carbocycles. The van der Waals surface area contributed by atoms with Crippen LogP contribution in [0.3, 0.4) is 0 Å². The Bertz CT molecular complexity index is 645. The van der Waals surface area contributed by atoms with E-state index in [9.17, 15) is 24.8 Å². The number of carboxylic acid groups (broad SMARTS) is 1. The molecule has 0 saturated heterocycles. The van der Waals surface area contributed by atoms with Gasteiger partial charge in [-0.05, 0) is 18.9 Å². The number of hydrogen-bond acceptors (Lipinski definition) is 5. The molecule has 2 unspecified atom stereocenters. The van der Waals surface area contributed by atoms with Crippen molar-refractivity contribution >= 4 is 17.6 Å². The van der Waals surface area contributed by atoms with Crippen LogP contribution in [-0.4, -0.2) is 35.1 Å². The van der Waals surface area contributed by atoms with Crippen LogP contribution in [0.1, 0.15) is 42.5 Å². The second kappa shape index (κ2) is 7.76. The number of amides is 1. The summed E-state index contributed by atoms with van der Waals surface area (Å²) < 4.78 is 4.95. The Morgan fingerprint density at radius 3 is 2.62 bits per heavy atom. The number of carbonyl (C=O) groups is 2. The number of methoxy groups -OCH3 is 1. The summed E-state index contributed by atoms with van der Waals surface area (Å²) in [5, 5.41) is 23.0. The molecule has 1 saturated carbocycles. The first-order valence-corrected chi connectivity index (χ1v) is 7.80. The molecule has 0 spiro atoms. The van der Waals surface area contributed by atoms with Gasteiger partial charge in [0, 0.05) is 23.7 Å². The van der Waals surface area contributed by atoms with E-state index < -0.39 is 28.8 Å². The Labute approximate surface area is 139 Å². The van der Waals surface area contributed by atoms with Crippen LogP contribution < -0.4 is 10.1 Å². The molecule has 8 heteroatoms. The number of nitro benzene ring substituents is 1. The van der Waals surface area contributed by atoms with Crippen LogP contribution in [0, 0.1) is 16.0 Å². The smallest absolute Gasteiger partial charge is 0.310 e. The van der Waals surface area contributed by atoms with Crippen molar-refractivity contribution in [3.8, 4) is 5.75 Å². The van der Waals surface area contributed by atoms with Crippen LogP contribution in [0.25, 0.3) is 0 Å². The van der Waals surface area contributed by atoms with Gasteiger partial charge in [0.2, 0.25) is 0 Å². The molecular formula is C16H20N2O6. The second-order valence-electron chi connectivity index (χ2n) is 5.81. The lowest BCUT2D eigenvalue weighted by molar-refractivity contribution is -0.385. The van der Waals surface area contributed by atoms with Gasteiger partial charge < -0.3 is 15.2 Å². The van der Waals surface area contributed by atoms with Crippen LogP contribution >= 0.6 is 0 Å². The van der Waals surface area contributed by atoms with E-state index in [2.05, 4.69) is 5.32 Å². The fourth-order valence-corrected chi connectivity index (χ4v) is 3.00. The quantitative estimate of drug-likeness (QED) is 0.484. The van der Waals surface area contributed by atoms with Crippen molar-refractivity contribution in [3.05, 3.63) is 33.9 Å². The predicted octanol–water partition coefficient (Wildman–Crippen LogP) is 2.37. The van der Waals surface area contributed by atoms with Crippen molar-refractivity contribution in [2.75, 3.05) is 7.11 Å². The molecule has 0 aromatic heterocycles. The highest BCUT2D eigenvalue weighted by Crippen LogP contribution is 2.28. The summed E-state index contributed by atoms with van der Waals surface area (Å²) in [7, 11) is 1.29. The molecule has 1 amide bonds. The predicted molar refractivity (Wildman–Crippen MR) is 85.1 cm³/mol. The fourth-order valence-electron chi connectivity index (χ4n) is 3.00. The Morgan fingerprint density at radius 2 is 2.00 bits per heavy atom. The maximum atomic E-state index is 12.4. The van der Waals surface area contributed by atoms with Crippen LogP contribution in [0.4, 0.5) is 5.69 Å². The van der Waals surface area contributed by atoms with Gasteiger partial charge in [0.15, 0.2) is 5.75 Å². The average Bonchev–Trinajstić information content (AvgIpc) is 2.79. The normalized spacial score (nSPS) is 20.7. The third kappa shape index (κ3) is 4.01. The molecule has 1 aromatic rings. The maximum Gasteiger partial charge on any atom is 0.310 e. The van der Waals surface area contributed by atoms with Crippen LogP contribution in [-0.2, 0) is 4.79 Å². The minimum absolute atomic E-state index is 0.0108. The molecule has 130 valence electrons. The Kier molecular flexibility index (Phi) is 5.73. The van der Waals surface area contributed by atoms with Crippen molar-refractivity contribution in [2.24, 2.45) is 5.92 Å². The van der Waals surface area contributed by atoms with Gasteiger partial charge in [-0.3, -0.25) is 19.7 Å². The SMILES string of the molecule is COc1cc(C(=O)NC2CCCCCC2C(=O)O)ccc1[N+](=O)[O-]. The first-order chi connectivity index (χ1) is 11.4. The number of carbonyl (C=O) groups excluding carboxylic acids is 1. The molecule has 24 heavy (non-hydrogen) atoms. The van der Waals surface area contributed by atoms with Gasteiger partial charge in [0.1, 0.15) is 0 Å². The number of nitro groups is 1. The van der Waals surface area contributed by atoms with Crippen LogP contribution in [0.5, 0.6) is 5.75 Å². The average molecular weight is 336 g/mol. The third-order valence-corrected chi connectivity index (χ3v) is 4.29. The minimum Gasteiger partial charge on any atom is -0.490 e. The molecule has 0 radical (unpaired) electrons. The van der Waals surface area contributed by atoms with E-state index in [1.165, 1.54) is 25.3 Å². The van der Waals surface area contributed by atoms with Gasteiger partial charge in [-0.1, -0.05) is 19.3 Å². The summed E-state index contributed by atoms with van der Waals surface area (Å²) in [6.45, 7) is 0. The zero-order valence-electron chi connectivity index (χ0n) is 13.4. The molecule has 1 fully saturated rings. The summed E-state index contributed by atoms with van der Waals surface area (Å²) in [4.78, 5) is 34.1. The topological polar surface area (TPSA) is 119 Å². The largest absolute Gasteiger partial charge is 0.490 e. The van der Waals surface area contributed by atoms with Gasteiger partial charge in [0.25, 0.3) is 5.91 Å². The molecular weight excluding hydrogens is 316 g/mol. The molecule has 8 nitrogen and oxygen atoms in total. The summed E-state index contributed by atoms with van der Waals surface area (Å²) in [6, 6.07) is 3.39. The number of nitrogens with one attached hydrogen (secondary N) is 1. The minimum atomic E-state index is -0.913. The number of hydrogen-bond donors (Lipinski definition) is 2. The van der Waals surface area contributed by atoms with Crippen molar-refractivity contribution in [1.29, 1.82) is 0 Å². The lowest BCUT2D eigenvalue weighted by atomic mass is 9.94. The Balaban J connectivity index is 2.18. The zero-order chi connectivity index (χ0) is 17.7. The highest BCUT2D eigenvalue weighted by Gasteiger charge is 2.31. The molecule has 2 rings (SSSR count). The maximum absolute atomic E-state index is 12.4. The zero-order valence-corrected chi connectivity index (χ0v) is 13.4. The first kappa shape index (κ1) is 17.7. The Morgan fingerprint density at radius 1 is 1.29 bits per heavy atom. The van der Waals surface area contributed by atoms with E-state index in [1.807, 2.05) is 0 Å². The fraction of sp³-hybridized carbons (Fsp3) is 0.500. The summed E-state index contributed by atoms with van der Waals surface area (Å²) >= 11 is 0. The molecule has 2 atom stereocenters. The van der Waals surface area contributed by atoms with Gasteiger partial charge >= 0.3 is 11.7 Å².